The van der Waals surface area contributed by atoms with Gasteiger partial charge in [0.2, 0.25) is 0 Å². The summed E-state index contributed by atoms with van der Waals surface area (Å²) in [6, 6.07) is 77.4. The Kier molecular flexibility index (Phi) is 6.54. The molecule has 0 heteroatoms. The molecule has 0 atom stereocenters. The van der Waals surface area contributed by atoms with Crippen LogP contribution in [0.1, 0.15) is 0 Å². The molecule has 1 aliphatic carbocycles. The van der Waals surface area contributed by atoms with Gasteiger partial charge in [-0.1, -0.05) is 164 Å². The summed E-state index contributed by atoms with van der Waals surface area (Å²) in [5, 5.41) is 17.8. The molecule has 58 heavy (non-hydrogen) atoms. The zero-order chi connectivity index (χ0) is 37.9. The molecule has 0 aromatic heterocycles. The van der Waals surface area contributed by atoms with Crippen molar-refractivity contribution in [3.63, 3.8) is 0 Å². The molecule has 0 bridgehead atoms. The highest BCUT2D eigenvalue weighted by Crippen LogP contribution is 2.59. The Morgan fingerprint density at radius 2 is 0.569 bits per heavy atom. The molecule has 266 valence electrons. The second-order valence-electron chi connectivity index (χ2n) is 16.0. The Hall–Kier alpha value is -7.54. The number of rotatable bonds is 3. The quantitative estimate of drug-likeness (QED) is 0.159. The maximum absolute atomic E-state index is 2.42. The van der Waals surface area contributed by atoms with Gasteiger partial charge in [0.15, 0.2) is 0 Å². The monoisotopic (exact) mass is 730 g/mol. The first-order chi connectivity index (χ1) is 28.7. The molecule has 0 saturated heterocycles. The standard InChI is InChI=1S/C58H34/c1-2-11-36-30-43(23-20-35(36)10-1)48-26-27-53-56-49(48)18-9-19-52(56)57-54(44-24-21-41-28-37-12-3-5-14-39(37)31-46(41)33-44)50-16-7-8-17-51(50)55(58(53)57)45-25-22-42-29-38-13-4-6-15-40(38)32-47(42)34-45/h1-34H. The van der Waals surface area contributed by atoms with Crippen LogP contribution in [0, 0.1) is 0 Å². The number of hydrogen-bond donors (Lipinski definition) is 0. The normalized spacial score (nSPS) is 12.1. The van der Waals surface area contributed by atoms with Crippen LogP contribution in [0.4, 0.5) is 0 Å². The Balaban J connectivity index is 1.14. The third-order valence-corrected chi connectivity index (χ3v) is 12.8. The van der Waals surface area contributed by atoms with E-state index < -0.39 is 0 Å². The van der Waals surface area contributed by atoms with Crippen LogP contribution >= 0.6 is 0 Å². The molecule has 0 nitrogen and oxygen atoms in total. The fraction of sp³-hybridized carbons (Fsp3) is 0. The lowest BCUT2D eigenvalue weighted by Gasteiger charge is -2.21. The summed E-state index contributed by atoms with van der Waals surface area (Å²) in [5.74, 6) is 0. The number of hydrogen-bond acceptors (Lipinski definition) is 0. The lowest BCUT2D eigenvalue weighted by Crippen LogP contribution is -1.94. The second-order valence-corrected chi connectivity index (χ2v) is 16.0. The van der Waals surface area contributed by atoms with Crippen LogP contribution < -0.4 is 0 Å². The van der Waals surface area contributed by atoms with E-state index in [1.807, 2.05) is 0 Å². The van der Waals surface area contributed by atoms with Gasteiger partial charge in [0, 0.05) is 0 Å². The average molecular weight is 731 g/mol. The van der Waals surface area contributed by atoms with Gasteiger partial charge in [-0.2, -0.15) is 0 Å². The van der Waals surface area contributed by atoms with Crippen molar-refractivity contribution in [2.45, 2.75) is 0 Å². The highest BCUT2D eigenvalue weighted by Gasteiger charge is 2.31. The first-order valence-electron chi connectivity index (χ1n) is 20.2. The second kappa shape index (κ2) is 12.0. The molecular formula is C58H34. The van der Waals surface area contributed by atoms with Crippen molar-refractivity contribution >= 4 is 75.4 Å². The highest BCUT2D eigenvalue weighted by molar-refractivity contribution is 6.29. The summed E-state index contributed by atoms with van der Waals surface area (Å²) in [6.45, 7) is 0. The van der Waals surface area contributed by atoms with E-state index in [1.165, 1.54) is 131 Å². The zero-order valence-electron chi connectivity index (χ0n) is 31.6. The number of fused-ring (bicyclic) bond motifs is 9. The molecule has 0 N–H and O–H groups in total. The molecule has 12 aromatic rings. The Morgan fingerprint density at radius 1 is 0.190 bits per heavy atom. The van der Waals surface area contributed by atoms with E-state index in [9.17, 15) is 0 Å². The molecule has 0 saturated carbocycles. The van der Waals surface area contributed by atoms with Crippen molar-refractivity contribution in [1.29, 1.82) is 0 Å². The number of benzene rings is 12. The summed E-state index contributed by atoms with van der Waals surface area (Å²) in [5.41, 5.74) is 12.8. The van der Waals surface area contributed by atoms with Crippen molar-refractivity contribution < 1.29 is 0 Å². The van der Waals surface area contributed by atoms with Gasteiger partial charge in [-0.15, -0.1) is 0 Å². The minimum atomic E-state index is 1.24. The third-order valence-electron chi connectivity index (χ3n) is 12.8. The molecule has 0 heterocycles. The van der Waals surface area contributed by atoms with Crippen molar-refractivity contribution in [3.05, 3.63) is 206 Å². The van der Waals surface area contributed by atoms with Gasteiger partial charge >= 0.3 is 0 Å². The molecule has 13 rings (SSSR count). The van der Waals surface area contributed by atoms with E-state index in [-0.39, 0.29) is 0 Å². The van der Waals surface area contributed by atoms with Crippen LogP contribution in [0.5, 0.6) is 0 Å². The highest BCUT2D eigenvalue weighted by atomic mass is 14.3. The SMILES string of the molecule is c1ccc2cc(-c3ccc4c5c(cccc35)-c3c-4c(-c4ccc5cc6ccccc6cc5c4)c4ccccc4c3-c3ccc4cc5ccccc5cc4c3)ccc2c1. The van der Waals surface area contributed by atoms with Crippen LogP contribution in [0.25, 0.3) is 131 Å². The molecule has 0 radical (unpaired) electrons. The predicted molar refractivity (Wildman–Crippen MR) is 250 cm³/mol. The molecule has 0 fully saturated rings. The van der Waals surface area contributed by atoms with Crippen molar-refractivity contribution in [3.8, 4) is 55.6 Å². The first kappa shape index (κ1) is 31.6. The largest absolute Gasteiger partial charge is 0.0616 e. The van der Waals surface area contributed by atoms with E-state index in [0.717, 1.165) is 0 Å². The maximum atomic E-state index is 2.42. The Labute approximate surface area is 335 Å². The van der Waals surface area contributed by atoms with Crippen molar-refractivity contribution in [1.82, 2.24) is 0 Å². The van der Waals surface area contributed by atoms with Crippen LogP contribution in [-0.2, 0) is 0 Å². The maximum Gasteiger partial charge on any atom is -0.000741 e. The summed E-state index contributed by atoms with van der Waals surface area (Å²) in [6.07, 6.45) is 0. The lowest BCUT2D eigenvalue weighted by molar-refractivity contribution is 1.65. The molecule has 0 spiro atoms. The van der Waals surface area contributed by atoms with Crippen molar-refractivity contribution in [2.75, 3.05) is 0 Å². The van der Waals surface area contributed by atoms with Gasteiger partial charge in [0.25, 0.3) is 0 Å². The van der Waals surface area contributed by atoms with Gasteiger partial charge in [-0.25, -0.2) is 0 Å². The molecule has 0 amide bonds. The van der Waals surface area contributed by atoms with Crippen LogP contribution in [-0.4, -0.2) is 0 Å². The Morgan fingerprint density at radius 3 is 1.14 bits per heavy atom. The zero-order valence-corrected chi connectivity index (χ0v) is 31.6. The first-order valence-corrected chi connectivity index (χ1v) is 20.2. The molecule has 12 aromatic carbocycles. The minimum absolute atomic E-state index is 1.24. The smallest absolute Gasteiger partial charge is 0.000741 e. The Bertz CT molecular complexity index is 3560. The van der Waals surface area contributed by atoms with Gasteiger partial charge in [0.05, 0.1) is 0 Å². The van der Waals surface area contributed by atoms with E-state index in [2.05, 4.69) is 206 Å². The summed E-state index contributed by atoms with van der Waals surface area (Å²) in [7, 11) is 0. The summed E-state index contributed by atoms with van der Waals surface area (Å²) < 4.78 is 0. The summed E-state index contributed by atoms with van der Waals surface area (Å²) in [4.78, 5) is 0. The fourth-order valence-electron chi connectivity index (χ4n) is 10.2. The van der Waals surface area contributed by atoms with Crippen LogP contribution in [0.2, 0.25) is 0 Å². The average Bonchev–Trinajstić information content (AvgIpc) is 3.61. The van der Waals surface area contributed by atoms with Gasteiger partial charge in [-0.05, 0) is 174 Å². The van der Waals surface area contributed by atoms with E-state index >= 15 is 0 Å². The minimum Gasteiger partial charge on any atom is -0.0616 e. The van der Waals surface area contributed by atoms with E-state index in [0.29, 0.717) is 0 Å². The lowest BCUT2D eigenvalue weighted by atomic mass is 9.82. The van der Waals surface area contributed by atoms with Gasteiger partial charge in [-0.3, -0.25) is 0 Å². The van der Waals surface area contributed by atoms with Crippen LogP contribution in [0.3, 0.4) is 0 Å². The molecule has 0 aliphatic heterocycles. The van der Waals surface area contributed by atoms with Crippen LogP contribution in [0.15, 0.2) is 206 Å². The van der Waals surface area contributed by atoms with E-state index in [1.54, 1.807) is 0 Å². The van der Waals surface area contributed by atoms with Gasteiger partial charge < -0.3 is 0 Å². The topological polar surface area (TPSA) is 0 Å². The van der Waals surface area contributed by atoms with Gasteiger partial charge in [0.1, 0.15) is 0 Å². The molecular weight excluding hydrogens is 697 g/mol. The summed E-state index contributed by atoms with van der Waals surface area (Å²) >= 11 is 0. The fourth-order valence-corrected chi connectivity index (χ4v) is 10.2. The molecule has 1 aliphatic rings. The molecule has 0 unspecified atom stereocenters. The van der Waals surface area contributed by atoms with Crippen molar-refractivity contribution in [2.24, 2.45) is 0 Å². The third kappa shape index (κ3) is 4.58. The van der Waals surface area contributed by atoms with E-state index in [4.69, 9.17) is 0 Å². The predicted octanol–water partition coefficient (Wildman–Crippen LogP) is 16.4.